The molecule has 0 aromatic carbocycles. The average molecular weight is 104 g/mol. The highest BCUT2D eigenvalue weighted by molar-refractivity contribution is 5.66. The van der Waals surface area contributed by atoms with E-state index in [2.05, 4.69) is 10.1 Å². The molecule has 0 aliphatic rings. The zero-order valence-corrected chi connectivity index (χ0v) is 3.92. The first kappa shape index (κ1) is 6.23. The maximum Gasteiger partial charge on any atom is 0.430 e. The van der Waals surface area contributed by atoms with Gasteiger partial charge in [0.1, 0.15) is 6.73 Å². The number of methoxy groups -OCH3 is 1. The first-order chi connectivity index (χ1) is 3.31. The van der Waals surface area contributed by atoms with Crippen molar-refractivity contribution in [3.8, 4) is 0 Å². The van der Waals surface area contributed by atoms with E-state index in [9.17, 15) is 4.79 Å². The first-order valence-corrected chi connectivity index (χ1v) is 1.67. The van der Waals surface area contributed by atoms with Crippen molar-refractivity contribution in [2.45, 2.75) is 0 Å². The third-order valence-electron chi connectivity index (χ3n) is 0.374. The standard InChI is InChI=1S/C3H6NO3/c1-7-3(6)4-2-5/h5H,2H2,1H3. The van der Waals surface area contributed by atoms with Crippen LogP contribution in [0.5, 0.6) is 0 Å². The number of carbonyl (C=O) groups excluding carboxylic acids is 1. The summed E-state index contributed by atoms with van der Waals surface area (Å²) in [5.41, 5.74) is 0. The number of aliphatic hydroxyl groups is 1. The number of rotatable bonds is 1. The maximum absolute atomic E-state index is 9.86. The van der Waals surface area contributed by atoms with Crippen molar-refractivity contribution in [3.05, 3.63) is 0 Å². The Kier molecular flexibility index (Phi) is 3.04. The van der Waals surface area contributed by atoms with Crippen LogP contribution in [0.2, 0.25) is 0 Å². The Morgan fingerprint density at radius 2 is 2.57 bits per heavy atom. The summed E-state index contributed by atoms with van der Waals surface area (Å²) in [5, 5.41) is 10.8. The highest BCUT2D eigenvalue weighted by Gasteiger charge is 1.93. The van der Waals surface area contributed by atoms with Gasteiger partial charge in [0.25, 0.3) is 0 Å². The average Bonchev–Trinajstić information content (AvgIpc) is 1.68. The number of ether oxygens (including phenoxy) is 1. The Balaban J connectivity index is 3.00. The van der Waals surface area contributed by atoms with Crippen LogP contribution in [0.15, 0.2) is 0 Å². The molecule has 0 atom stereocenters. The Morgan fingerprint density at radius 1 is 2.00 bits per heavy atom. The Hall–Kier alpha value is -0.770. The lowest BCUT2D eigenvalue weighted by molar-refractivity contribution is 0.153. The molecular weight excluding hydrogens is 98.0 g/mol. The summed E-state index contributed by atoms with van der Waals surface area (Å²) in [6.07, 6.45) is -0.748. The van der Waals surface area contributed by atoms with Crippen molar-refractivity contribution in [1.29, 1.82) is 0 Å². The van der Waals surface area contributed by atoms with Gasteiger partial charge in [0.15, 0.2) is 0 Å². The molecule has 0 heterocycles. The van der Waals surface area contributed by atoms with E-state index < -0.39 is 12.8 Å². The minimum atomic E-state index is -0.748. The molecule has 0 aromatic heterocycles. The summed E-state index contributed by atoms with van der Waals surface area (Å²) in [7, 11) is 1.20. The molecule has 0 bridgehead atoms. The van der Waals surface area contributed by atoms with Gasteiger partial charge in [-0.15, -0.1) is 0 Å². The Labute approximate surface area is 41.1 Å². The topological polar surface area (TPSA) is 60.6 Å². The summed E-state index contributed by atoms with van der Waals surface area (Å²) in [6.45, 7) is -0.507. The van der Waals surface area contributed by atoms with Gasteiger partial charge >= 0.3 is 6.09 Å². The SMILES string of the molecule is COC(=O)[N]CO. The lowest BCUT2D eigenvalue weighted by Gasteiger charge is -1.91. The second kappa shape index (κ2) is 3.42. The molecule has 0 aromatic rings. The van der Waals surface area contributed by atoms with Crippen LogP contribution in [0.25, 0.3) is 0 Å². The van der Waals surface area contributed by atoms with Crippen molar-refractivity contribution >= 4 is 6.09 Å². The summed E-state index contributed by atoms with van der Waals surface area (Å²) >= 11 is 0. The normalized spacial score (nSPS) is 7.71. The Bertz CT molecular complexity index is 63.2. The highest BCUT2D eigenvalue weighted by Crippen LogP contribution is 1.68. The van der Waals surface area contributed by atoms with Crippen molar-refractivity contribution in [3.63, 3.8) is 0 Å². The largest absolute Gasteiger partial charge is 0.451 e. The summed E-state index contributed by atoms with van der Waals surface area (Å²) in [4.78, 5) is 9.86. The van der Waals surface area contributed by atoms with E-state index in [1.54, 1.807) is 0 Å². The Morgan fingerprint density at radius 3 is 2.71 bits per heavy atom. The van der Waals surface area contributed by atoms with E-state index in [0.717, 1.165) is 0 Å². The van der Waals surface area contributed by atoms with Gasteiger partial charge in [-0.2, -0.15) is 5.32 Å². The molecule has 0 rings (SSSR count). The van der Waals surface area contributed by atoms with Gasteiger partial charge in [0.05, 0.1) is 7.11 Å². The van der Waals surface area contributed by atoms with Gasteiger partial charge in [-0.1, -0.05) is 0 Å². The van der Waals surface area contributed by atoms with Crippen LogP contribution in [0.3, 0.4) is 0 Å². The molecule has 0 aliphatic heterocycles. The number of nitrogens with zero attached hydrogens (tertiary/aromatic N) is 1. The molecule has 7 heavy (non-hydrogen) atoms. The van der Waals surface area contributed by atoms with Crippen LogP contribution in [0.1, 0.15) is 0 Å². The van der Waals surface area contributed by atoms with Gasteiger partial charge in [-0.3, -0.25) is 0 Å². The van der Waals surface area contributed by atoms with Gasteiger partial charge < -0.3 is 9.84 Å². The molecular formula is C3H6NO3. The van der Waals surface area contributed by atoms with E-state index in [4.69, 9.17) is 5.11 Å². The van der Waals surface area contributed by atoms with Crippen LogP contribution >= 0.6 is 0 Å². The molecule has 4 nitrogen and oxygen atoms in total. The molecule has 0 aliphatic carbocycles. The second-order valence-electron chi connectivity index (χ2n) is 0.770. The number of amides is 1. The first-order valence-electron chi connectivity index (χ1n) is 1.67. The highest BCUT2D eigenvalue weighted by atomic mass is 16.5. The van der Waals surface area contributed by atoms with Gasteiger partial charge in [0.2, 0.25) is 0 Å². The predicted molar refractivity (Wildman–Crippen MR) is 21.6 cm³/mol. The van der Waals surface area contributed by atoms with Crippen LogP contribution in [-0.2, 0) is 4.74 Å². The van der Waals surface area contributed by atoms with Crippen LogP contribution in [-0.4, -0.2) is 25.0 Å². The van der Waals surface area contributed by atoms with Gasteiger partial charge in [-0.25, -0.2) is 4.79 Å². The van der Waals surface area contributed by atoms with Crippen LogP contribution < -0.4 is 5.32 Å². The molecule has 1 radical (unpaired) electrons. The van der Waals surface area contributed by atoms with E-state index in [1.165, 1.54) is 7.11 Å². The number of hydrogen-bond acceptors (Lipinski definition) is 3. The molecule has 0 spiro atoms. The molecule has 0 unspecified atom stereocenters. The third-order valence-corrected chi connectivity index (χ3v) is 0.374. The summed E-state index contributed by atoms with van der Waals surface area (Å²) in [6, 6.07) is 0. The predicted octanol–water partition coefficient (Wildman–Crippen LogP) is -0.693. The summed E-state index contributed by atoms with van der Waals surface area (Å²) < 4.78 is 4.03. The van der Waals surface area contributed by atoms with Crippen molar-refractivity contribution in [2.24, 2.45) is 0 Å². The molecule has 1 amide bonds. The molecule has 41 valence electrons. The fraction of sp³-hybridized carbons (Fsp3) is 0.667. The lowest BCUT2D eigenvalue weighted by Crippen LogP contribution is -2.15. The fourth-order valence-corrected chi connectivity index (χ4v) is 0.122. The zero-order valence-electron chi connectivity index (χ0n) is 3.92. The third kappa shape index (κ3) is 3.05. The van der Waals surface area contributed by atoms with E-state index in [1.807, 2.05) is 0 Å². The van der Waals surface area contributed by atoms with Gasteiger partial charge in [-0.05, 0) is 0 Å². The van der Waals surface area contributed by atoms with Crippen molar-refractivity contribution in [2.75, 3.05) is 13.8 Å². The fourth-order valence-electron chi connectivity index (χ4n) is 0.122. The van der Waals surface area contributed by atoms with Crippen molar-refractivity contribution < 1.29 is 14.6 Å². The van der Waals surface area contributed by atoms with E-state index >= 15 is 0 Å². The molecule has 0 saturated heterocycles. The van der Waals surface area contributed by atoms with E-state index in [0.29, 0.717) is 0 Å². The second-order valence-corrected chi connectivity index (χ2v) is 0.770. The molecule has 0 fully saturated rings. The van der Waals surface area contributed by atoms with Crippen LogP contribution in [0.4, 0.5) is 4.79 Å². The smallest absolute Gasteiger partial charge is 0.430 e. The quantitative estimate of drug-likeness (QED) is 0.478. The monoisotopic (exact) mass is 104 g/mol. The van der Waals surface area contributed by atoms with Gasteiger partial charge in [0, 0.05) is 0 Å². The van der Waals surface area contributed by atoms with E-state index in [-0.39, 0.29) is 0 Å². The molecule has 0 saturated carbocycles. The molecule has 1 N–H and O–H groups in total. The maximum atomic E-state index is 9.86. The number of hydrogen-bond donors (Lipinski definition) is 1. The molecule has 4 heteroatoms. The minimum absolute atomic E-state index is 0.507. The lowest BCUT2D eigenvalue weighted by atomic mass is 11.0. The van der Waals surface area contributed by atoms with Crippen molar-refractivity contribution in [1.82, 2.24) is 5.32 Å². The summed E-state index contributed by atoms with van der Waals surface area (Å²) in [5.74, 6) is 0. The number of carbonyl (C=O) groups is 1. The van der Waals surface area contributed by atoms with Crippen LogP contribution in [0, 0.1) is 0 Å². The minimum Gasteiger partial charge on any atom is -0.451 e. The zero-order chi connectivity index (χ0) is 5.70. The number of aliphatic hydroxyl groups excluding tert-OH is 1.